The van der Waals surface area contributed by atoms with E-state index in [1.807, 2.05) is 30.3 Å². The average molecular weight is 396 g/mol. The van der Waals surface area contributed by atoms with Crippen LogP contribution in [0.25, 0.3) is 21.0 Å². The average Bonchev–Trinajstić information content (AvgIpc) is 3.34. The van der Waals surface area contributed by atoms with E-state index in [4.69, 9.17) is 4.42 Å². The van der Waals surface area contributed by atoms with Crippen LogP contribution in [0.3, 0.4) is 0 Å². The highest BCUT2D eigenvalue weighted by molar-refractivity contribution is 7.21. The molecule has 1 fully saturated rings. The molecule has 0 saturated carbocycles. The number of carbonyl (C=O) groups excluding carboxylic acids is 1. The SMILES string of the molecule is CC(C)=CCN1CCC(NC(=O)c2ccc(-c3nc4ccccc4s3)o2)CC1. The highest BCUT2D eigenvalue weighted by atomic mass is 32.1. The maximum atomic E-state index is 12.6. The second kappa shape index (κ2) is 8.29. The maximum Gasteiger partial charge on any atom is 0.287 e. The van der Waals surface area contributed by atoms with E-state index in [0.717, 1.165) is 47.7 Å². The van der Waals surface area contributed by atoms with E-state index in [-0.39, 0.29) is 11.9 Å². The summed E-state index contributed by atoms with van der Waals surface area (Å²) in [6.07, 6.45) is 4.19. The Morgan fingerprint density at radius 1 is 1.25 bits per heavy atom. The van der Waals surface area contributed by atoms with E-state index in [1.54, 1.807) is 17.4 Å². The molecule has 1 saturated heterocycles. The molecule has 3 aromatic rings. The molecule has 0 unspecified atom stereocenters. The Morgan fingerprint density at radius 2 is 2.04 bits per heavy atom. The second-order valence-electron chi connectivity index (χ2n) is 7.48. The molecule has 1 aliphatic rings. The Balaban J connectivity index is 1.35. The Morgan fingerprint density at radius 3 is 2.79 bits per heavy atom. The number of hydrogen-bond donors (Lipinski definition) is 1. The van der Waals surface area contributed by atoms with Crippen LogP contribution >= 0.6 is 11.3 Å². The fourth-order valence-corrected chi connectivity index (χ4v) is 4.31. The van der Waals surface area contributed by atoms with Gasteiger partial charge in [0.1, 0.15) is 0 Å². The molecule has 0 atom stereocenters. The number of rotatable bonds is 5. The molecule has 1 aromatic carbocycles. The fraction of sp³-hybridized carbons (Fsp3) is 0.364. The molecule has 5 nitrogen and oxygen atoms in total. The number of aromatic nitrogens is 1. The molecule has 4 rings (SSSR count). The fourth-order valence-electron chi connectivity index (χ4n) is 3.38. The molecule has 1 N–H and O–H groups in total. The summed E-state index contributed by atoms with van der Waals surface area (Å²) in [5.41, 5.74) is 2.29. The molecular formula is C22H25N3O2S. The number of amides is 1. The van der Waals surface area contributed by atoms with Crippen molar-refractivity contribution in [1.82, 2.24) is 15.2 Å². The van der Waals surface area contributed by atoms with Crippen molar-refractivity contribution in [3.8, 4) is 10.8 Å². The number of benzene rings is 1. The van der Waals surface area contributed by atoms with Crippen molar-refractivity contribution >= 4 is 27.5 Å². The molecule has 6 heteroatoms. The van der Waals surface area contributed by atoms with Crippen molar-refractivity contribution in [3.63, 3.8) is 0 Å². The van der Waals surface area contributed by atoms with Gasteiger partial charge in [0.25, 0.3) is 5.91 Å². The molecule has 146 valence electrons. The number of piperidine rings is 1. The van der Waals surface area contributed by atoms with Crippen LogP contribution < -0.4 is 5.32 Å². The number of furan rings is 1. The molecule has 28 heavy (non-hydrogen) atoms. The standard InChI is InChI=1S/C22H25N3O2S/c1-15(2)9-12-25-13-10-16(11-14-25)23-21(26)18-7-8-19(27-18)22-24-17-5-3-4-6-20(17)28-22/h3-9,16H,10-14H2,1-2H3,(H,23,26). The molecule has 0 radical (unpaired) electrons. The molecule has 3 heterocycles. The summed E-state index contributed by atoms with van der Waals surface area (Å²) >= 11 is 1.57. The number of hydrogen-bond acceptors (Lipinski definition) is 5. The lowest BCUT2D eigenvalue weighted by Crippen LogP contribution is -2.44. The summed E-state index contributed by atoms with van der Waals surface area (Å²) in [6.45, 7) is 7.25. The van der Waals surface area contributed by atoms with Crippen LogP contribution in [0.15, 0.2) is 52.5 Å². The van der Waals surface area contributed by atoms with Gasteiger partial charge in [-0.1, -0.05) is 23.8 Å². The topological polar surface area (TPSA) is 58.4 Å². The number of allylic oxidation sites excluding steroid dienone is 1. The largest absolute Gasteiger partial charge is 0.448 e. The molecule has 0 aliphatic carbocycles. The van der Waals surface area contributed by atoms with Crippen molar-refractivity contribution < 1.29 is 9.21 Å². The Bertz CT molecular complexity index is 959. The lowest BCUT2D eigenvalue weighted by molar-refractivity contribution is 0.0887. The van der Waals surface area contributed by atoms with E-state index < -0.39 is 0 Å². The van der Waals surface area contributed by atoms with Crippen molar-refractivity contribution in [1.29, 1.82) is 0 Å². The van der Waals surface area contributed by atoms with Crippen LogP contribution in [0.2, 0.25) is 0 Å². The van der Waals surface area contributed by atoms with E-state index in [9.17, 15) is 4.79 Å². The lowest BCUT2D eigenvalue weighted by atomic mass is 10.0. The minimum Gasteiger partial charge on any atom is -0.448 e. The first kappa shape index (κ1) is 18.9. The van der Waals surface area contributed by atoms with Gasteiger partial charge >= 0.3 is 0 Å². The first-order chi connectivity index (χ1) is 13.6. The van der Waals surface area contributed by atoms with Crippen LogP contribution in [-0.4, -0.2) is 41.5 Å². The Hall–Kier alpha value is -2.44. The number of likely N-dealkylation sites (tertiary alicyclic amines) is 1. The smallest absolute Gasteiger partial charge is 0.287 e. The molecule has 1 amide bonds. The van der Waals surface area contributed by atoms with Gasteiger partial charge < -0.3 is 9.73 Å². The van der Waals surface area contributed by atoms with E-state index in [2.05, 4.69) is 35.1 Å². The minimum absolute atomic E-state index is 0.143. The number of fused-ring (bicyclic) bond motifs is 1. The van der Waals surface area contributed by atoms with Crippen molar-refractivity contribution in [2.45, 2.75) is 32.7 Å². The Kier molecular flexibility index (Phi) is 5.59. The third-order valence-corrected chi connectivity index (χ3v) is 6.07. The van der Waals surface area contributed by atoms with Crippen molar-refractivity contribution in [2.24, 2.45) is 0 Å². The first-order valence-electron chi connectivity index (χ1n) is 9.71. The molecular weight excluding hydrogens is 370 g/mol. The van der Waals surface area contributed by atoms with Gasteiger partial charge in [-0.3, -0.25) is 9.69 Å². The highest BCUT2D eigenvalue weighted by Crippen LogP contribution is 2.31. The summed E-state index contributed by atoms with van der Waals surface area (Å²) in [5, 5.41) is 3.92. The third kappa shape index (κ3) is 4.34. The zero-order valence-electron chi connectivity index (χ0n) is 16.3. The van der Waals surface area contributed by atoms with Crippen LogP contribution in [0, 0.1) is 0 Å². The van der Waals surface area contributed by atoms with Crippen LogP contribution in [0.4, 0.5) is 0 Å². The van der Waals surface area contributed by atoms with Gasteiger partial charge in [0, 0.05) is 25.7 Å². The summed E-state index contributed by atoms with van der Waals surface area (Å²) in [7, 11) is 0. The zero-order valence-corrected chi connectivity index (χ0v) is 17.1. The Labute approximate surface area is 169 Å². The highest BCUT2D eigenvalue weighted by Gasteiger charge is 2.22. The maximum absolute atomic E-state index is 12.6. The minimum atomic E-state index is -0.143. The summed E-state index contributed by atoms with van der Waals surface area (Å²) in [5.74, 6) is 0.847. The van der Waals surface area contributed by atoms with Gasteiger partial charge in [0.2, 0.25) is 0 Å². The molecule has 0 bridgehead atoms. The molecule has 1 aliphatic heterocycles. The van der Waals surface area contributed by atoms with Gasteiger partial charge in [-0.2, -0.15) is 0 Å². The second-order valence-corrected chi connectivity index (χ2v) is 8.51. The van der Waals surface area contributed by atoms with Crippen LogP contribution in [0.1, 0.15) is 37.2 Å². The van der Waals surface area contributed by atoms with E-state index in [0.29, 0.717) is 11.5 Å². The number of nitrogens with one attached hydrogen (secondary N) is 1. The van der Waals surface area contributed by atoms with Crippen LogP contribution in [0.5, 0.6) is 0 Å². The third-order valence-electron chi connectivity index (χ3n) is 5.01. The van der Waals surface area contributed by atoms with E-state index in [1.165, 1.54) is 5.57 Å². The van der Waals surface area contributed by atoms with Gasteiger partial charge in [0.15, 0.2) is 16.5 Å². The zero-order chi connectivity index (χ0) is 19.5. The number of carbonyl (C=O) groups is 1. The van der Waals surface area contributed by atoms with Crippen molar-refractivity contribution in [2.75, 3.05) is 19.6 Å². The predicted molar refractivity (Wildman–Crippen MR) is 114 cm³/mol. The van der Waals surface area contributed by atoms with Crippen LogP contribution in [-0.2, 0) is 0 Å². The number of para-hydroxylation sites is 1. The first-order valence-corrected chi connectivity index (χ1v) is 10.5. The summed E-state index contributed by atoms with van der Waals surface area (Å²) in [4.78, 5) is 19.6. The quantitative estimate of drug-likeness (QED) is 0.635. The van der Waals surface area contributed by atoms with Gasteiger partial charge in [-0.25, -0.2) is 4.98 Å². The number of nitrogens with zero attached hydrogens (tertiary/aromatic N) is 2. The predicted octanol–water partition coefficient (Wildman–Crippen LogP) is 4.72. The lowest BCUT2D eigenvalue weighted by Gasteiger charge is -2.31. The van der Waals surface area contributed by atoms with Gasteiger partial charge in [-0.15, -0.1) is 11.3 Å². The van der Waals surface area contributed by atoms with Crippen molar-refractivity contribution in [3.05, 3.63) is 53.8 Å². The van der Waals surface area contributed by atoms with Gasteiger partial charge in [-0.05, 0) is 51.0 Å². The molecule has 2 aromatic heterocycles. The monoisotopic (exact) mass is 395 g/mol. The van der Waals surface area contributed by atoms with Gasteiger partial charge in [0.05, 0.1) is 10.2 Å². The summed E-state index contributed by atoms with van der Waals surface area (Å²) < 4.78 is 6.92. The summed E-state index contributed by atoms with van der Waals surface area (Å²) in [6, 6.07) is 11.8. The molecule has 0 spiro atoms. The number of thiazole rings is 1. The normalized spacial score (nSPS) is 15.6. The van der Waals surface area contributed by atoms with E-state index >= 15 is 0 Å².